The van der Waals surface area contributed by atoms with E-state index < -0.39 is 6.09 Å². The molecule has 6 heteroatoms. The van der Waals surface area contributed by atoms with E-state index in [9.17, 15) is 9.59 Å². The van der Waals surface area contributed by atoms with Gasteiger partial charge in [-0.3, -0.25) is 4.79 Å². The van der Waals surface area contributed by atoms with E-state index in [1.807, 2.05) is 6.92 Å². The van der Waals surface area contributed by atoms with Crippen LogP contribution in [0.3, 0.4) is 0 Å². The van der Waals surface area contributed by atoms with Crippen molar-refractivity contribution in [2.75, 3.05) is 26.4 Å². The molecule has 0 unspecified atom stereocenters. The second kappa shape index (κ2) is 8.31. The van der Waals surface area contributed by atoms with Crippen LogP contribution in [0.25, 0.3) is 0 Å². The van der Waals surface area contributed by atoms with Crippen LogP contribution in [0.4, 0.5) is 4.79 Å². The predicted octanol–water partition coefficient (Wildman–Crippen LogP) is -0.584. The molecule has 0 aliphatic rings. The Morgan fingerprint density at radius 3 is 2.43 bits per heavy atom. The zero-order chi connectivity index (χ0) is 10.8. The Bertz CT molecular complexity index is 185. The van der Waals surface area contributed by atoms with Crippen molar-refractivity contribution >= 4 is 12.0 Å². The van der Waals surface area contributed by atoms with E-state index in [4.69, 9.17) is 0 Å². The van der Waals surface area contributed by atoms with Gasteiger partial charge in [-0.15, -0.1) is 0 Å². The summed E-state index contributed by atoms with van der Waals surface area (Å²) in [6.07, 6.45) is -0.600. The number of hydrogen-bond acceptors (Lipinski definition) is 4. The molecule has 3 N–H and O–H groups in total. The zero-order valence-electron chi connectivity index (χ0n) is 8.55. The Balaban J connectivity index is 3.39. The van der Waals surface area contributed by atoms with Gasteiger partial charge >= 0.3 is 6.09 Å². The highest BCUT2D eigenvalue weighted by atomic mass is 16.6. The van der Waals surface area contributed by atoms with Gasteiger partial charge in [-0.1, -0.05) is 6.92 Å². The van der Waals surface area contributed by atoms with Crippen LogP contribution >= 0.6 is 0 Å². The molecule has 0 saturated carbocycles. The summed E-state index contributed by atoms with van der Waals surface area (Å²) < 4.78 is 4.60. The topological polar surface area (TPSA) is 79.5 Å². The maximum atomic E-state index is 10.9. The first kappa shape index (κ1) is 12.7. The molecule has 0 heterocycles. The molecule has 0 radical (unpaired) electrons. The van der Waals surface area contributed by atoms with Gasteiger partial charge in [0, 0.05) is 6.54 Å². The highest BCUT2D eigenvalue weighted by Gasteiger charge is 2.04. The SMILES string of the molecule is CCNCNC(=O)OCC(=O)NCC. The summed E-state index contributed by atoms with van der Waals surface area (Å²) in [5.74, 6) is -0.300. The molecule has 0 fully saturated rings. The lowest BCUT2D eigenvalue weighted by Gasteiger charge is -2.06. The van der Waals surface area contributed by atoms with Gasteiger partial charge in [0.1, 0.15) is 0 Å². The van der Waals surface area contributed by atoms with Crippen molar-refractivity contribution in [3.8, 4) is 0 Å². The minimum atomic E-state index is -0.600. The van der Waals surface area contributed by atoms with Crippen LogP contribution in [0.5, 0.6) is 0 Å². The molecule has 0 aromatic heterocycles. The Labute approximate surface area is 83.4 Å². The number of carbonyl (C=O) groups excluding carboxylic acids is 2. The van der Waals surface area contributed by atoms with Crippen LogP contribution in [0.2, 0.25) is 0 Å². The van der Waals surface area contributed by atoms with Gasteiger partial charge in [0.2, 0.25) is 0 Å². The lowest BCUT2D eigenvalue weighted by Crippen LogP contribution is -2.36. The van der Waals surface area contributed by atoms with Gasteiger partial charge in [0.15, 0.2) is 6.61 Å². The third kappa shape index (κ3) is 7.35. The fourth-order valence-electron chi connectivity index (χ4n) is 0.690. The Hall–Kier alpha value is -1.30. The zero-order valence-corrected chi connectivity index (χ0v) is 8.55. The molecule has 14 heavy (non-hydrogen) atoms. The predicted molar refractivity (Wildman–Crippen MR) is 51.7 cm³/mol. The van der Waals surface area contributed by atoms with Crippen molar-refractivity contribution in [1.29, 1.82) is 0 Å². The van der Waals surface area contributed by atoms with Crippen molar-refractivity contribution in [3.63, 3.8) is 0 Å². The number of nitrogens with one attached hydrogen (secondary N) is 3. The van der Waals surface area contributed by atoms with Gasteiger partial charge in [0.05, 0.1) is 6.67 Å². The van der Waals surface area contributed by atoms with Crippen molar-refractivity contribution in [2.45, 2.75) is 13.8 Å². The number of hydrogen-bond donors (Lipinski definition) is 3. The van der Waals surface area contributed by atoms with Gasteiger partial charge in [-0.25, -0.2) is 4.79 Å². The number of alkyl carbamates (subject to hydrolysis) is 1. The molecule has 0 saturated heterocycles. The van der Waals surface area contributed by atoms with Crippen LogP contribution in [-0.4, -0.2) is 38.4 Å². The summed E-state index contributed by atoms with van der Waals surface area (Å²) in [6.45, 7) is 5.10. The second-order valence-electron chi connectivity index (χ2n) is 2.49. The maximum absolute atomic E-state index is 10.9. The summed E-state index contributed by atoms with van der Waals surface area (Å²) in [5, 5.41) is 7.82. The molecule has 0 aliphatic heterocycles. The second-order valence-corrected chi connectivity index (χ2v) is 2.49. The van der Waals surface area contributed by atoms with Gasteiger partial charge in [-0.05, 0) is 13.5 Å². The lowest BCUT2D eigenvalue weighted by atomic mass is 10.6. The number of ether oxygens (including phenoxy) is 1. The van der Waals surface area contributed by atoms with Crippen molar-refractivity contribution in [2.24, 2.45) is 0 Å². The molecular weight excluding hydrogens is 186 g/mol. The monoisotopic (exact) mass is 203 g/mol. The van der Waals surface area contributed by atoms with Crippen LogP contribution in [0, 0.1) is 0 Å². The molecule has 2 amide bonds. The van der Waals surface area contributed by atoms with Crippen LogP contribution < -0.4 is 16.0 Å². The average molecular weight is 203 g/mol. The third-order valence-electron chi connectivity index (χ3n) is 1.32. The molecule has 6 nitrogen and oxygen atoms in total. The molecule has 0 aromatic rings. The minimum Gasteiger partial charge on any atom is -0.439 e. The molecule has 0 aromatic carbocycles. The molecule has 0 bridgehead atoms. The number of carbonyl (C=O) groups is 2. The molecule has 0 rings (SSSR count). The first-order valence-corrected chi connectivity index (χ1v) is 4.58. The quantitative estimate of drug-likeness (QED) is 0.398. The lowest BCUT2D eigenvalue weighted by molar-refractivity contribution is -0.123. The van der Waals surface area contributed by atoms with Crippen molar-refractivity contribution in [3.05, 3.63) is 0 Å². The number of amides is 2. The largest absolute Gasteiger partial charge is 0.439 e. The van der Waals surface area contributed by atoms with Crippen molar-refractivity contribution in [1.82, 2.24) is 16.0 Å². The summed E-state index contributed by atoms with van der Waals surface area (Å²) in [4.78, 5) is 21.7. The highest BCUT2D eigenvalue weighted by Crippen LogP contribution is 1.76. The molecule has 0 spiro atoms. The summed E-state index contributed by atoms with van der Waals surface area (Å²) in [6, 6.07) is 0. The summed E-state index contributed by atoms with van der Waals surface area (Å²) >= 11 is 0. The smallest absolute Gasteiger partial charge is 0.408 e. The van der Waals surface area contributed by atoms with E-state index in [1.54, 1.807) is 6.92 Å². The van der Waals surface area contributed by atoms with Gasteiger partial charge in [0.25, 0.3) is 5.91 Å². The van der Waals surface area contributed by atoms with E-state index in [1.165, 1.54) is 0 Å². The summed E-state index contributed by atoms with van der Waals surface area (Å²) in [5.41, 5.74) is 0. The maximum Gasteiger partial charge on any atom is 0.408 e. The van der Waals surface area contributed by atoms with E-state index >= 15 is 0 Å². The first-order chi connectivity index (χ1) is 6.70. The van der Waals surface area contributed by atoms with Crippen LogP contribution in [-0.2, 0) is 9.53 Å². The van der Waals surface area contributed by atoms with Gasteiger partial charge in [-0.2, -0.15) is 0 Å². The fourth-order valence-corrected chi connectivity index (χ4v) is 0.690. The molecular formula is C8H17N3O3. The standard InChI is InChI=1S/C8H17N3O3/c1-3-9-6-11-8(13)14-5-7(12)10-4-2/h9H,3-6H2,1-2H3,(H,10,12)(H,11,13). The third-order valence-corrected chi connectivity index (χ3v) is 1.32. The molecule has 0 aliphatic carbocycles. The molecule has 0 atom stereocenters. The fraction of sp³-hybridized carbons (Fsp3) is 0.750. The highest BCUT2D eigenvalue weighted by molar-refractivity contribution is 5.79. The van der Waals surface area contributed by atoms with Crippen molar-refractivity contribution < 1.29 is 14.3 Å². The first-order valence-electron chi connectivity index (χ1n) is 4.58. The van der Waals surface area contributed by atoms with E-state index in [0.29, 0.717) is 13.2 Å². The van der Waals surface area contributed by atoms with Crippen LogP contribution in [0.1, 0.15) is 13.8 Å². The summed E-state index contributed by atoms with van der Waals surface area (Å²) in [7, 11) is 0. The number of likely N-dealkylation sites (N-methyl/N-ethyl adjacent to an activating group) is 1. The minimum absolute atomic E-state index is 0.244. The Kier molecular flexibility index (Phi) is 7.53. The van der Waals surface area contributed by atoms with Gasteiger partial charge < -0.3 is 20.7 Å². The Morgan fingerprint density at radius 2 is 1.86 bits per heavy atom. The van der Waals surface area contributed by atoms with E-state index in [2.05, 4.69) is 20.7 Å². The molecule has 82 valence electrons. The van der Waals surface area contributed by atoms with E-state index in [0.717, 1.165) is 6.54 Å². The average Bonchev–Trinajstić information content (AvgIpc) is 2.16. The Morgan fingerprint density at radius 1 is 1.14 bits per heavy atom. The number of rotatable bonds is 6. The normalized spacial score (nSPS) is 9.29. The van der Waals surface area contributed by atoms with Crippen LogP contribution in [0.15, 0.2) is 0 Å². The van der Waals surface area contributed by atoms with E-state index in [-0.39, 0.29) is 12.5 Å².